The summed E-state index contributed by atoms with van der Waals surface area (Å²) in [7, 11) is 0. The summed E-state index contributed by atoms with van der Waals surface area (Å²) >= 11 is 3.35. The van der Waals surface area contributed by atoms with E-state index in [9.17, 15) is 4.79 Å². The van der Waals surface area contributed by atoms with Gasteiger partial charge in [0.05, 0.1) is 24.0 Å². The highest BCUT2D eigenvalue weighted by atomic mass is 79.9. The first-order chi connectivity index (χ1) is 9.09. The minimum Gasteiger partial charge on any atom is -0.380 e. The number of halogens is 1. The highest BCUT2D eigenvalue weighted by Gasteiger charge is 2.15. The molecule has 1 atom stereocenters. The van der Waals surface area contributed by atoms with Crippen LogP contribution >= 0.6 is 15.9 Å². The molecule has 0 radical (unpaired) electrons. The highest BCUT2D eigenvalue weighted by molar-refractivity contribution is 9.10. The molecule has 1 aromatic rings. The lowest BCUT2D eigenvalue weighted by atomic mass is 10.1. The van der Waals surface area contributed by atoms with Crippen LogP contribution in [0.1, 0.15) is 39.2 Å². The molecule has 0 spiro atoms. The van der Waals surface area contributed by atoms with Gasteiger partial charge in [0.15, 0.2) is 0 Å². The fourth-order valence-corrected chi connectivity index (χ4v) is 2.55. The Hall–Kier alpha value is -0.880. The third-order valence-electron chi connectivity index (χ3n) is 3.23. The Morgan fingerprint density at radius 2 is 2.37 bits per heavy atom. The smallest absolute Gasteiger partial charge is 0.283 e. The maximum absolute atomic E-state index is 12.1. The van der Waals surface area contributed by atoms with Crippen LogP contribution < -0.4 is 10.9 Å². The molecule has 2 heterocycles. The quantitative estimate of drug-likeness (QED) is 0.922. The standard InChI is InChI=1S/C13H20BrN3O2/c1-9(2)17-13(18)12(14)11(8-16-17)15-7-10-5-3-4-6-19-10/h8-10,15H,3-7H2,1-2H3. The lowest BCUT2D eigenvalue weighted by Crippen LogP contribution is -2.29. The van der Waals surface area contributed by atoms with Crippen LogP contribution in [0, 0.1) is 0 Å². The number of ether oxygens (including phenoxy) is 1. The molecule has 1 aliphatic heterocycles. The molecular formula is C13H20BrN3O2. The normalized spacial score (nSPS) is 19.7. The van der Waals surface area contributed by atoms with Crippen molar-refractivity contribution in [2.75, 3.05) is 18.5 Å². The Balaban J connectivity index is 2.04. The molecular weight excluding hydrogens is 310 g/mol. The number of anilines is 1. The second kappa shape index (κ2) is 6.52. The second-order valence-electron chi connectivity index (χ2n) is 5.09. The topological polar surface area (TPSA) is 56.1 Å². The molecule has 1 aliphatic rings. The number of nitrogens with zero attached hydrogens (tertiary/aromatic N) is 2. The van der Waals surface area contributed by atoms with Crippen molar-refractivity contribution in [3.05, 3.63) is 21.0 Å². The molecule has 19 heavy (non-hydrogen) atoms. The highest BCUT2D eigenvalue weighted by Crippen LogP contribution is 2.19. The average molecular weight is 330 g/mol. The number of rotatable bonds is 4. The van der Waals surface area contributed by atoms with E-state index in [-0.39, 0.29) is 17.7 Å². The van der Waals surface area contributed by atoms with Crippen molar-refractivity contribution in [1.82, 2.24) is 9.78 Å². The zero-order valence-corrected chi connectivity index (χ0v) is 12.9. The van der Waals surface area contributed by atoms with Crippen molar-refractivity contribution in [3.63, 3.8) is 0 Å². The first-order valence-electron chi connectivity index (χ1n) is 6.72. The van der Waals surface area contributed by atoms with Gasteiger partial charge in [-0.15, -0.1) is 0 Å². The first-order valence-corrected chi connectivity index (χ1v) is 7.51. The minimum absolute atomic E-state index is 0.0551. The fourth-order valence-electron chi connectivity index (χ4n) is 2.13. The van der Waals surface area contributed by atoms with Gasteiger partial charge in [-0.3, -0.25) is 4.79 Å². The maximum atomic E-state index is 12.1. The van der Waals surface area contributed by atoms with Crippen LogP contribution in [0.5, 0.6) is 0 Å². The van der Waals surface area contributed by atoms with E-state index in [1.165, 1.54) is 11.1 Å². The van der Waals surface area contributed by atoms with Crippen molar-refractivity contribution >= 4 is 21.6 Å². The summed E-state index contributed by atoms with van der Waals surface area (Å²) in [6, 6.07) is 0.0551. The van der Waals surface area contributed by atoms with Crippen LogP contribution in [0.4, 0.5) is 5.69 Å². The largest absolute Gasteiger partial charge is 0.380 e. The predicted molar refractivity (Wildman–Crippen MR) is 78.7 cm³/mol. The zero-order valence-electron chi connectivity index (χ0n) is 11.4. The van der Waals surface area contributed by atoms with E-state index in [0.717, 1.165) is 25.1 Å². The van der Waals surface area contributed by atoms with E-state index < -0.39 is 0 Å². The van der Waals surface area contributed by atoms with Gasteiger partial charge in [-0.1, -0.05) is 0 Å². The predicted octanol–water partition coefficient (Wildman–Crippen LogP) is 2.57. The third kappa shape index (κ3) is 3.57. The summed E-state index contributed by atoms with van der Waals surface area (Å²) in [5, 5.41) is 7.42. The second-order valence-corrected chi connectivity index (χ2v) is 5.88. The van der Waals surface area contributed by atoms with Crippen LogP contribution in [0.15, 0.2) is 15.5 Å². The van der Waals surface area contributed by atoms with E-state index in [4.69, 9.17) is 4.74 Å². The van der Waals surface area contributed by atoms with Gasteiger partial charge in [0.25, 0.3) is 5.56 Å². The Kier molecular flexibility index (Phi) is 4.99. The van der Waals surface area contributed by atoms with Gasteiger partial charge in [0, 0.05) is 13.2 Å². The lowest BCUT2D eigenvalue weighted by Gasteiger charge is -2.23. The molecule has 6 heteroatoms. The molecule has 5 nitrogen and oxygen atoms in total. The van der Waals surface area contributed by atoms with Crippen molar-refractivity contribution < 1.29 is 4.74 Å². The Bertz CT molecular complexity index is 481. The Labute approximate surface area is 121 Å². The van der Waals surface area contributed by atoms with Crippen LogP contribution in [0.25, 0.3) is 0 Å². The van der Waals surface area contributed by atoms with E-state index in [1.54, 1.807) is 6.20 Å². The number of aromatic nitrogens is 2. The Morgan fingerprint density at radius 3 is 3.00 bits per heavy atom. The minimum atomic E-state index is -0.107. The summed E-state index contributed by atoms with van der Waals surface area (Å²) in [6.07, 6.45) is 5.34. The van der Waals surface area contributed by atoms with Gasteiger partial charge < -0.3 is 10.1 Å². The van der Waals surface area contributed by atoms with Crippen LogP contribution in [-0.2, 0) is 4.74 Å². The molecule has 2 rings (SSSR count). The summed E-state index contributed by atoms with van der Waals surface area (Å²) in [5.74, 6) is 0. The third-order valence-corrected chi connectivity index (χ3v) is 3.99. The molecule has 0 aromatic carbocycles. The molecule has 0 bridgehead atoms. The van der Waals surface area contributed by atoms with Gasteiger partial charge in [0.2, 0.25) is 0 Å². The van der Waals surface area contributed by atoms with Gasteiger partial charge in [-0.2, -0.15) is 5.10 Å². The Morgan fingerprint density at radius 1 is 1.58 bits per heavy atom. The van der Waals surface area contributed by atoms with Crippen LogP contribution in [0.3, 0.4) is 0 Å². The number of nitrogens with one attached hydrogen (secondary N) is 1. The van der Waals surface area contributed by atoms with Gasteiger partial charge in [0.1, 0.15) is 4.47 Å². The van der Waals surface area contributed by atoms with Crippen LogP contribution in [-0.4, -0.2) is 29.0 Å². The lowest BCUT2D eigenvalue weighted by molar-refractivity contribution is 0.0247. The van der Waals surface area contributed by atoms with Crippen molar-refractivity contribution in [2.45, 2.75) is 45.3 Å². The molecule has 1 fully saturated rings. The van der Waals surface area contributed by atoms with E-state index in [0.29, 0.717) is 11.0 Å². The first kappa shape index (κ1) is 14.5. The van der Waals surface area contributed by atoms with Gasteiger partial charge in [-0.25, -0.2) is 4.68 Å². The van der Waals surface area contributed by atoms with E-state index >= 15 is 0 Å². The molecule has 1 N–H and O–H groups in total. The van der Waals surface area contributed by atoms with E-state index in [2.05, 4.69) is 26.3 Å². The average Bonchev–Trinajstić information content (AvgIpc) is 2.41. The SMILES string of the molecule is CC(C)n1ncc(NCC2CCCCO2)c(Br)c1=O. The monoisotopic (exact) mass is 329 g/mol. The van der Waals surface area contributed by atoms with Crippen LogP contribution in [0.2, 0.25) is 0 Å². The van der Waals surface area contributed by atoms with Crippen molar-refractivity contribution in [1.29, 1.82) is 0 Å². The summed E-state index contributed by atoms with van der Waals surface area (Å²) in [4.78, 5) is 12.1. The molecule has 0 saturated carbocycles. The zero-order chi connectivity index (χ0) is 13.8. The summed E-state index contributed by atoms with van der Waals surface area (Å²) in [5.41, 5.74) is 0.626. The van der Waals surface area contributed by atoms with Crippen molar-refractivity contribution in [3.8, 4) is 0 Å². The molecule has 0 aliphatic carbocycles. The molecule has 1 saturated heterocycles. The van der Waals surface area contributed by atoms with E-state index in [1.807, 2.05) is 13.8 Å². The molecule has 1 aromatic heterocycles. The van der Waals surface area contributed by atoms with Gasteiger partial charge >= 0.3 is 0 Å². The molecule has 0 amide bonds. The maximum Gasteiger partial charge on any atom is 0.283 e. The number of hydrogen-bond acceptors (Lipinski definition) is 4. The van der Waals surface area contributed by atoms with Crippen molar-refractivity contribution in [2.24, 2.45) is 0 Å². The number of hydrogen-bond donors (Lipinski definition) is 1. The molecule has 106 valence electrons. The summed E-state index contributed by atoms with van der Waals surface area (Å²) in [6.45, 7) is 5.42. The summed E-state index contributed by atoms with van der Waals surface area (Å²) < 4.78 is 7.65. The fraction of sp³-hybridized carbons (Fsp3) is 0.692. The molecule has 1 unspecified atom stereocenters. The van der Waals surface area contributed by atoms with Gasteiger partial charge in [-0.05, 0) is 49.0 Å².